The fourth-order valence-corrected chi connectivity index (χ4v) is 1.62. The molecule has 0 saturated heterocycles. The van der Waals surface area contributed by atoms with Crippen molar-refractivity contribution < 1.29 is 9.13 Å². The molecule has 2 rings (SSSR count). The van der Waals surface area contributed by atoms with E-state index < -0.39 is 0 Å². The van der Waals surface area contributed by atoms with Crippen LogP contribution >= 0.6 is 0 Å². The van der Waals surface area contributed by atoms with Crippen LogP contribution in [-0.2, 0) is 7.05 Å². The van der Waals surface area contributed by atoms with E-state index in [4.69, 9.17) is 10.5 Å². The molecule has 0 unspecified atom stereocenters. The fourth-order valence-electron chi connectivity index (χ4n) is 1.62. The molecule has 0 radical (unpaired) electrons. The van der Waals surface area contributed by atoms with Gasteiger partial charge in [-0.1, -0.05) is 0 Å². The third kappa shape index (κ3) is 1.71. The van der Waals surface area contributed by atoms with Crippen molar-refractivity contribution in [1.29, 1.82) is 0 Å². The lowest BCUT2D eigenvalue weighted by Gasteiger charge is -2.08. The molecule has 0 fully saturated rings. The monoisotopic (exact) mass is 221 g/mol. The number of hydrogen-bond acceptors (Lipinski definition) is 3. The predicted octanol–water partition coefficient (Wildman–Crippen LogP) is 1.82. The average Bonchev–Trinajstić information content (AvgIpc) is 2.57. The zero-order valence-electron chi connectivity index (χ0n) is 9.07. The number of halogens is 1. The number of hydrogen-bond donors (Lipinski definition) is 1. The van der Waals surface area contributed by atoms with Crippen LogP contribution in [-0.4, -0.2) is 16.9 Å². The minimum Gasteiger partial charge on any atom is -0.496 e. The number of aryl methyl sites for hydroxylation is 1. The van der Waals surface area contributed by atoms with Crippen molar-refractivity contribution in [2.45, 2.75) is 0 Å². The molecule has 0 amide bonds. The quantitative estimate of drug-likeness (QED) is 0.841. The molecule has 2 aromatic rings. The Morgan fingerprint density at radius 3 is 2.69 bits per heavy atom. The van der Waals surface area contributed by atoms with Crippen LogP contribution in [0, 0.1) is 5.82 Å². The van der Waals surface area contributed by atoms with Crippen LogP contribution in [0.1, 0.15) is 0 Å². The standard InChI is InChI=1S/C11H12FN3O/c1-15-9(6-11(13)14-15)8-5-7(12)3-4-10(8)16-2/h3-6H,1-2H3,(H2,13,14). The first-order valence-electron chi connectivity index (χ1n) is 4.75. The highest BCUT2D eigenvalue weighted by atomic mass is 19.1. The maximum absolute atomic E-state index is 13.2. The minimum atomic E-state index is -0.324. The Labute approximate surface area is 92.4 Å². The predicted molar refractivity (Wildman–Crippen MR) is 59.6 cm³/mol. The van der Waals surface area contributed by atoms with Gasteiger partial charge in [-0.25, -0.2) is 4.39 Å². The van der Waals surface area contributed by atoms with Gasteiger partial charge >= 0.3 is 0 Å². The summed E-state index contributed by atoms with van der Waals surface area (Å²) in [6, 6.07) is 6.00. The molecule has 4 nitrogen and oxygen atoms in total. The molecule has 16 heavy (non-hydrogen) atoms. The lowest BCUT2D eigenvalue weighted by Crippen LogP contribution is -1.97. The number of rotatable bonds is 2. The Bertz CT molecular complexity index is 522. The second kappa shape index (κ2) is 3.84. The molecule has 0 atom stereocenters. The normalized spacial score (nSPS) is 10.4. The van der Waals surface area contributed by atoms with E-state index in [1.54, 1.807) is 23.9 Å². The van der Waals surface area contributed by atoms with E-state index in [9.17, 15) is 4.39 Å². The maximum Gasteiger partial charge on any atom is 0.146 e. The number of ether oxygens (including phenoxy) is 1. The molecular formula is C11H12FN3O. The largest absolute Gasteiger partial charge is 0.496 e. The van der Waals surface area contributed by atoms with Gasteiger partial charge in [-0.3, -0.25) is 4.68 Å². The molecule has 1 aromatic carbocycles. The number of benzene rings is 1. The molecule has 0 saturated carbocycles. The van der Waals surface area contributed by atoms with Crippen molar-refractivity contribution in [3.8, 4) is 17.0 Å². The molecule has 1 aromatic heterocycles. The van der Waals surface area contributed by atoms with E-state index in [-0.39, 0.29) is 5.82 Å². The van der Waals surface area contributed by atoms with Gasteiger partial charge in [0.15, 0.2) is 0 Å². The van der Waals surface area contributed by atoms with Gasteiger partial charge in [0.05, 0.1) is 12.8 Å². The van der Waals surface area contributed by atoms with Crippen molar-refractivity contribution in [2.24, 2.45) is 7.05 Å². The Morgan fingerprint density at radius 2 is 2.12 bits per heavy atom. The Hall–Kier alpha value is -2.04. The molecule has 0 aliphatic heterocycles. The van der Waals surface area contributed by atoms with Crippen LogP contribution in [0.2, 0.25) is 0 Å². The van der Waals surface area contributed by atoms with Crippen LogP contribution in [0.5, 0.6) is 5.75 Å². The van der Waals surface area contributed by atoms with Crippen molar-refractivity contribution in [3.05, 3.63) is 30.1 Å². The Morgan fingerprint density at radius 1 is 1.38 bits per heavy atom. The van der Waals surface area contributed by atoms with Gasteiger partial charge < -0.3 is 10.5 Å². The SMILES string of the molecule is COc1ccc(F)cc1-c1cc(N)nn1C. The lowest BCUT2D eigenvalue weighted by atomic mass is 10.1. The van der Waals surface area contributed by atoms with Gasteiger partial charge in [0.2, 0.25) is 0 Å². The lowest BCUT2D eigenvalue weighted by molar-refractivity contribution is 0.415. The highest BCUT2D eigenvalue weighted by molar-refractivity contribution is 5.69. The first-order chi connectivity index (χ1) is 7.61. The second-order valence-corrected chi connectivity index (χ2v) is 3.42. The Kier molecular flexibility index (Phi) is 2.52. The van der Waals surface area contributed by atoms with Crippen molar-refractivity contribution in [1.82, 2.24) is 9.78 Å². The van der Waals surface area contributed by atoms with E-state index >= 15 is 0 Å². The van der Waals surface area contributed by atoms with Crippen LogP contribution in [0.4, 0.5) is 10.2 Å². The van der Waals surface area contributed by atoms with Gasteiger partial charge in [-0.15, -0.1) is 0 Å². The summed E-state index contributed by atoms with van der Waals surface area (Å²) < 4.78 is 20.0. The number of nitrogen functional groups attached to an aromatic ring is 1. The highest BCUT2D eigenvalue weighted by Crippen LogP contribution is 2.31. The van der Waals surface area contributed by atoms with Crippen molar-refractivity contribution >= 4 is 5.82 Å². The van der Waals surface area contributed by atoms with E-state index in [1.807, 2.05) is 0 Å². The smallest absolute Gasteiger partial charge is 0.146 e. The summed E-state index contributed by atoms with van der Waals surface area (Å²) >= 11 is 0. The topological polar surface area (TPSA) is 53.1 Å². The van der Waals surface area contributed by atoms with Crippen LogP contribution in [0.3, 0.4) is 0 Å². The van der Waals surface area contributed by atoms with Crippen molar-refractivity contribution in [2.75, 3.05) is 12.8 Å². The summed E-state index contributed by atoms with van der Waals surface area (Å²) in [5, 5.41) is 4.01. The molecular weight excluding hydrogens is 209 g/mol. The summed E-state index contributed by atoms with van der Waals surface area (Å²) in [4.78, 5) is 0. The number of methoxy groups -OCH3 is 1. The van der Waals surface area contributed by atoms with E-state index in [0.717, 1.165) is 0 Å². The zero-order chi connectivity index (χ0) is 11.7. The summed E-state index contributed by atoms with van der Waals surface area (Å²) in [6.07, 6.45) is 0. The fraction of sp³-hybridized carbons (Fsp3) is 0.182. The van der Waals surface area contributed by atoms with Crippen LogP contribution in [0.15, 0.2) is 24.3 Å². The molecule has 2 N–H and O–H groups in total. The van der Waals surface area contributed by atoms with Gasteiger partial charge in [0.25, 0.3) is 0 Å². The van der Waals surface area contributed by atoms with E-state index in [1.165, 1.54) is 19.2 Å². The summed E-state index contributed by atoms with van der Waals surface area (Å²) in [7, 11) is 3.28. The van der Waals surface area contributed by atoms with Crippen LogP contribution in [0.25, 0.3) is 11.3 Å². The van der Waals surface area contributed by atoms with Gasteiger partial charge in [0, 0.05) is 18.7 Å². The average molecular weight is 221 g/mol. The molecule has 0 spiro atoms. The first kappa shape index (κ1) is 10.5. The molecule has 0 aliphatic rings. The first-order valence-corrected chi connectivity index (χ1v) is 4.75. The minimum absolute atomic E-state index is 0.324. The molecule has 84 valence electrons. The molecule has 0 bridgehead atoms. The number of nitrogens with two attached hydrogens (primary N) is 1. The number of anilines is 1. The molecule has 0 aliphatic carbocycles. The third-order valence-electron chi connectivity index (χ3n) is 2.34. The number of nitrogens with zero attached hydrogens (tertiary/aromatic N) is 2. The Balaban J connectivity index is 2.62. The summed E-state index contributed by atoms with van der Waals surface area (Å²) in [5.74, 6) is 0.656. The maximum atomic E-state index is 13.2. The highest BCUT2D eigenvalue weighted by Gasteiger charge is 2.11. The van der Waals surface area contributed by atoms with Gasteiger partial charge in [-0.05, 0) is 18.2 Å². The number of aromatic nitrogens is 2. The van der Waals surface area contributed by atoms with Gasteiger partial charge in [-0.2, -0.15) is 5.10 Å². The van der Waals surface area contributed by atoms with Gasteiger partial charge in [0.1, 0.15) is 17.4 Å². The molecule has 1 heterocycles. The van der Waals surface area contributed by atoms with E-state index in [2.05, 4.69) is 5.10 Å². The summed E-state index contributed by atoms with van der Waals surface area (Å²) in [5.41, 5.74) is 6.93. The zero-order valence-corrected chi connectivity index (χ0v) is 9.07. The van der Waals surface area contributed by atoms with Crippen molar-refractivity contribution in [3.63, 3.8) is 0 Å². The molecule has 5 heteroatoms. The third-order valence-corrected chi connectivity index (χ3v) is 2.34. The second-order valence-electron chi connectivity index (χ2n) is 3.42. The van der Waals surface area contributed by atoms with Crippen LogP contribution < -0.4 is 10.5 Å². The summed E-state index contributed by atoms with van der Waals surface area (Å²) in [6.45, 7) is 0. The van der Waals surface area contributed by atoms with E-state index in [0.29, 0.717) is 22.8 Å².